The monoisotopic (exact) mass is 290 g/mol. The number of carbonyl (C=O) groups is 1. The lowest BCUT2D eigenvalue weighted by molar-refractivity contribution is -0.127. The van der Waals surface area contributed by atoms with Crippen LogP contribution in [0.4, 0.5) is 0 Å². The third-order valence-corrected chi connectivity index (χ3v) is 3.52. The quantitative estimate of drug-likeness (QED) is 0.828. The van der Waals surface area contributed by atoms with E-state index in [4.69, 9.17) is 14.7 Å². The average Bonchev–Trinajstić information content (AvgIpc) is 2.54. The molecule has 112 valence electrons. The second-order valence-corrected chi connectivity index (χ2v) is 5.00. The highest BCUT2D eigenvalue weighted by Gasteiger charge is 2.33. The van der Waals surface area contributed by atoms with Crippen molar-refractivity contribution < 1.29 is 19.4 Å². The molecule has 6 nitrogen and oxygen atoms in total. The molecule has 1 heterocycles. The first-order chi connectivity index (χ1) is 10.2. The summed E-state index contributed by atoms with van der Waals surface area (Å²) in [5.74, 6) is 0.0545. The van der Waals surface area contributed by atoms with Crippen LogP contribution in [0.15, 0.2) is 24.3 Å². The lowest BCUT2D eigenvalue weighted by atomic mass is 9.91. The maximum absolute atomic E-state index is 12.0. The molecule has 0 spiro atoms. The van der Waals surface area contributed by atoms with Gasteiger partial charge in [0, 0.05) is 13.2 Å². The van der Waals surface area contributed by atoms with Crippen molar-refractivity contribution in [1.29, 1.82) is 5.26 Å². The molecule has 2 N–H and O–H groups in total. The predicted molar refractivity (Wildman–Crippen MR) is 74.7 cm³/mol. The minimum absolute atomic E-state index is 0.128. The Bertz CT molecular complexity index is 533. The summed E-state index contributed by atoms with van der Waals surface area (Å²) in [6.07, 6.45) is 1.15. The van der Waals surface area contributed by atoms with Crippen LogP contribution in [0.25, 0.3) is 0 Å². The van der Waals surface area contributed by atoms with Gasteiger partial charge in [0.2, 0.25) is 0 Å². The fraction of sp³-hybridized carbons (Fsp3) is 0.467. The molecule has 0 atom stereocenters. The molecule has 6 heteroatoms. The maximum atomic E-state index is 12.0. The number of hydrogen-bond acceptors (Lipinski definition) is 5. The van der Waals surface area contributed by atoms with E-state index in [1.54, 1.807) is 24.3 Å². The Morgan fingerprint density at radius 3 is 2.81 bits per heavy atom. The van der Waals surface area contributed by atoms with E-state index >= 15 is 0 Å². The third-order valence-electron chi connectivity index (χ3n) is 3.52. The van der Waals surface area contributed by atoms with Crippen molar-refractivity contribution in [3.63, 3.8) is 0 Å². The van der Waals surface area contributed by atoms with Gasteiger partial charge in [-0.1, -0.05) is 12.1 Å². The molecule has 1 saturated heterocycles. The van der Waals surface area contributed by atoms with Gasteiger partial charge in [0.1, 0.15) is 11.8 Å². The average molecular weight is 290 g/mol. The second-order valence-electron chi connectivity index (χ2n) is 5.00. The molecule has 1 aromatic carbocycles. The largest absolute Gasteiger partial charge is 0.482 e. The van der Waals surface area contributed by atoms with Crippen LogP contribution < -0.4 is 10.1 Å². The van der Waals surface area contributed by atoms with Crippen molar-refractivity contribution in [3.8, 4) is 11.8 Å². The molecule has 0 bridgehead atoms. The van der Waals surface area contributed by atoms with Gasteiger partial charge in [0.25, 0.3) is 5.91 Å². The van der Waals surface area contributed by atoms with Crippen LogP contribution in [0.5, 0.6) is 5.75 Å². The van der Waals surface area contributed by atoms with E-state index in [2.05, 4.69) is 5.32 Å². The number of nitrogens with zero attached hydrogens (tertiary/aromatic N) is 1. The Balaban J connectivity index is 1.91. The van der Waals surface area contributed by atoms with E-state index in [1.165, 1.54) is 0 Å². The first-order valence-electron chi connectivity index (χ1n) is 6.81. The highest BCUT2D eigenvalue weighted by molar-refractivity contribution is 5.78. The first-order valence-corrected chi connectivity index (χ1v) is 6.81. The fourth-order valence-corrected chi connectivity index (χ4v) is 2.24. The molecule has 2 rings (SSSR count). The topological polar surface area (TPSA) is 91.6 Å². The number of rotatable bonds is 5. The number of nitrogens with one attached hydrogen (secondary N) is 1. The number of aliphatic hydroxyl groups excluding tert-OH is 1. The Morgan fingerprint density at radius 1 is 1.43 bits per heavy atom. The summed E-state index contributed by atoms with van der Waals surface area (Å²) in [7, 11) is 0. The van der Waals surface area contributed by atoms with Gasteiger partial charge in [0.15, 0.2) is 6.61 Å². The smallest absolute Gasteiger partial charge is 0.258 e. The van der Waals surface area contributed by atoms with Crippen molar-refractivity contribution in [3.05, 3.63) is 29.8 Å². The maximum Gasteiger partial charge on any atom is 0.258 e. The summed E-state index contributed by atoms with van der Waals surface area (Å²) < 4.78 is 10.6. The Hall–Kier alpha value is -2.10. The molecular formula is C15H18N2O4. The van der Waals surface area contributed by atoms with Crippen LogP contribution in [-0.4, -0.2) is 43.0 Å². The predicted octanol–water partition coefficient (Wildman–Crippen LogP) is 0.595. The molecule has 0 aliphatic carbocycles. The zero-order valence-corrected chi connectivity index (χ0v) is 11.7. The Morgan fingerprint density at radius 2 is 2.14 bits per heavy atom. The van der Waals surface area contributed by atoms with Crippen LogP contribution in [0.3, 0.4) is 0 Å². The second kappa shape index (κ2) is 7.07. The van der Waals surface area contributed by atoms with Crippen LogP contribution >= 0.6 is 0 Å². The summed E-state index contributed by atoms with van der Waals surface area (Å²) in [4.78, 5) is 12.0. The van der Waals surface area contributed by atoms with Crippen molar-refractivity contribution in [2.45, 2.75) is 18.4 Å². The number of carbonyl (C=O) groups excluding carboxylic acids is 1. The molecule has 1 aliphatic heterocycles. The molecule has 0 radical (unpaired) electrons. The zero-order valence-electron chi connectivity index (χ0n) is 11.7. The zero-order chi connectivity index (χ0) is 15.1. The number of amides is 1. The van der Waals surface area contributed by atoms with Crippen LogP contribution in [0.1, 0.15) is 18.4 Å². The Labute approximate surface area is 123 Å². The number of benzene rings is 1. The van der Waals surface area contributed by atoms with E-state index in [-0.39, 0.29) is 19.1 Å². The van der Waals surface area contributed by atoms with Crippen molar-refractivity contribution >= 4 is 5.91 Å². The van der Waals surface area contributed by atoms with Crippen LogP contribution in [0, 0.1) is 11.3 Å². The number of ether oxygens (including phenoxy) is 2. The fourth-order valence-electron chi connectivity index (χ4n) is 2.24. The summed E-state index contributed by atoms with van der Waals surface area (Å²) >= 11 is 0. The van der Waals surface area contributed by atoms with Gasteiger partial charge < -0.3 is 19.9 Å². The number of para-hydroxylation sites is 1. The van der Waals surface area contributed by atoms with Gasteiger partial charge >= 0.3 is 0 Å². The SMILES string of the molecule is N#Cc1ccccc1OCC(=O)NC1(CO)CCOCC1. The van der Waals surface area contributed by atoms with Gasteiger partial charge in [0.05, 0.1) is 17.7 Å². The van der Waals surface area contributed by atoms with Gasteiger partial charge in [-0.05, 0) is 25.0 Å². The lowest BCUT2D eigenvalue weighted by Crippen LogP contribution is -2.55. The van der Waals surface area contributed by atoms with Gasteiger partial charge in [-0.15, -0.1) is 0 Å². The van der Waals surface area contributed by atoms with E-state index < -0.39 is 5.54 Å². The van der Waals surface area contributed by atoms with Crippen molar-refractivity contribution in [1.82, 2.24) is 5.32 Å². The molecular weight excluding hydrogens is 272 g/mol. The highest BCUT2D eigenvalue weighted by atomic mass is 16.5. The summed E-state index contributed by atoms with van der Waals surface area (Å²) in [6.45, 7) is 0.704. The third kappa shape index (κ3) is 3.94. The number of hydrogen-bond donors (Lipinski definition) is 2. The summed E-state index contributed by atoms with van der Waals surface area (Å²) in [5.41, 5.74) is -0.249. The first kappa shape index (κ1) is 15.3. The lowest BCUT2D eigenvalue weighted by Gasteiger charge is -2.36. The molecule has 1 aromatic rings. The Kier molecular flexibility index (Phi) is 5.14. The summed E-state index contributed by atoms with van der Waals surface area (Å²) in [5, 5.41) is 21.3. The van der Waals surface area contributed by atoms with Gasteiger partial charge in [-0.25, -0.2) is 0 Å². The van der Waals surface area contributed by atoms with Crippen molar-refractivity contribution in [2.75, 3.05) is 26.4 Å². The molecule has 1 fully saturated rings. The van der Waals surface area contributed by atoms with E-state index in [0.717, 1.165) is 0 Å². The molecule has 0 unspecified atom stereocenters. The minimum Gasteiger partial charge on any atom is -0.482 e. The van der Waals surface area contributed by atoms with Crippen LogP contribution in [0.2, 0.25) is 0 Å². The van der Waals surface area contributed by atoms with E-state index in [1.807, 2.05) is 6.07 Å². The van der Waals surface area contributed by atoms with E-state index in [9.17, 15) is 9.90 Å². The highest BCUT2D eigenvalue weighted by Crippen LogP contribution is 2.20. The number of aliphatic hydroxyl groups is 1. The molecule has 0 saturated carbocycles. The van der Waals surface area contributed by atoms with Gasteiger partial charge in [-0.2, -0.15) is 5.26 Å². The molecule has 0 aromatic heterocycles. The summed E-state index contributed by atoms with van der Waals surface area (Å²) in [6, 6.07) is 8.74. The molecule has 1 amide bonds. The minimum atomic E-state index is -0.632. The van der Waals surface area contributed by atoms with Crippen molar-refractivity contribution in [2.24, 2.45) is 0 Å². The number of nitriles is 1. The molecule has 1 aliphatic rings. The standard InChI is InChI=1S/C15H18N2O4/c16-9-12-3-1-2-4-13(12)21-10-14(19)17-15(11-18)5-7-20-8-6-15/h1-4,18H,5-8,10-11H2,(H,17,19). The molecule has 21 heavy (non-hydrogen) atoms. The van der Waals surface area contributed by atoms with Crippen LogP contribution in [-0.2, 0) is 9.53 Å². The van der Waals surface area contributed by atoms with Gasteiger partial charge in [-0.3, -0.25) is 4.79 Å². The normalized spacial score (nSPS) is 16.8. The van der Waals surface area contributed by atoms with E-state index in [0.29, 0.717) is 37.4 Å².